The molecule has 0 amide bonds. The van der Waals surface area contributed by atoms with E-state index < -0.39 is 21.2 Å². The molecule has 0 aromatic rings. The third-order valence-corrected chi connectivity index (χ3v) is 10.3. The van der Waals surface area contributed by atoms with E-state index in [2.05, 4.69) is 45.4 Å². The molecule has 2 rings (SSSR count). The zero-order valence-corrected chi connectivity index (χ0v) is 16.1. The van der Waals surface area contributed by atoms with Gasteiger partial charge in [0.25, 0.3) is 0 Å². The first-order valence-electron chi connectivity index (χ1n) is 7.49. The molecule has 1 saturated heterocycles. The lowest BCUT2D eigenvalue weighted by Gasteiger charge is -2.53. The number of carbonyl (C=O) groups is 2. The summed E-state index contributed by atoms with van der Waals surface area (Å²) in [6, 6.07) is 0. The largest absolute Gasteiger partial charge is 0.462 e. The van der Waals surface area contributed by atoms with Gasteiger partial charge in [0.2, 0.25) is 0 Å². The van der Waals surface area contributed by atoms with Crippen molar-refractivity contribution < 1.29 is 19.1 Å². The number of esters is 2. The maximum Gasteiger partial charge on any atom is 0.314 e. The molecule has 0 aromatic heterocycles. The molecule has 0 N–H and O–H groups in total. The van der Waals surface area contributed by atoms with Crippen LogP contribution in [0.1, 0.15) is 6.92 Å². The molecular formula is C15H26O4Si2. The van der Waals surface area contributed by atoms with Gasteiger partial charge in [0.1, 0.15) is 12.7 Å². The van der Waals surface area contributed by atoms with Crippen molar-refractivity contribution in [1.29, 1.82) is 0 Å². The van der Waals surface area contributed by atoms with Crippen molar-refractivity contribution in [3.63, 3.8) is 0 Å². The van der Waals surface area contributed by atoms with Gasteiger partial charge in [-0.3, -0.25) is 9.59 Å². The second-order valence-corrected chi connectivity index (χ2v) is 18.5. The molecule has 1 aliphatic carbocycles. The molecule has 1 aliphatic heterocycles. The highest BCUT2D eigenvalue weighted by atomic mass is 28.3. The van der Waals surface area contributed by atoms with Crippen LogP contribution in [0.4, 0.5) is 0 Å². The molecule has 21 heavy (non-hydrogen) atoms. The number of hydrogen-bond acceptors (Lipinski definition) is 4. The summed E-state index contributed by atoms with van der Waals surface area (Å²) >= 11 is 0. The number of rotatable bonds is 4. The van der Waals surface area contributed by atoms with Crippen molar-refractivity contribution in [2.45, 2.75) is 57.3 Å². The number of cyclic esters (lactones) is 1. The molecule has 1 fully saturated rings. The van der Waals surface area contributed by atoms with E-state index in [0.29, 0.717) is 0 Å². The molecule has 6 heteroatoms. The van der Waals surface area contributed by atoms with E-state index in [-0.39, 0.29) is 30.6 Å². The van der Waals surface area contributed by atoms with Crippen molar-refractivity contribution in [3.05, 3.63) is 11.3 Å². The topological polar surface area (TPSA) is 52.6 Å². The molecule has 2 aliphatic rings. The Labute approximate surface area is 128 Å². The molecule has 4 nitrogen and oxygen atoms in total. The highest BCUT2D eigenvalue weighted by Crippen LogP contribution is 2.67. The predicted octanol–water partition coefficient (Wildman–Crippen LogP) is 2.99. The lowest BCUT2D eigenvalue weighted by Crippen LogP contribution is -2.58. The molecule has 0 aromatic carbocycles. The smallest absolute Gasteiger partial charge is 0.314 e. The summed E-state index contributed by atoms with van der Waals surface area (Å²) in [6.07, 6.45) is 1.93. The maximum absolute atomic E-state index is 12.8. The van der Waals surface area contributed by atoms with Crippen LogP contribution in [0.5, 0.6) is 0 Å². The molecule has 3 atom stereocenters. The zero-order valence-electron chi connectivity index (χ0n) is 14.1. The molecule has 1 unspecified atom stereocenters. The third kappa shape index (κ3) is 2.32. The molecule has 0 spiro atoms. The van der Waals surface area contributed by atoms with Crippen LogP contribution >= 0.6 is 0 Å². The van der Waals surface area contributed by atoms with Crippen molar-refractivity contribution in [2.24, 2.45) is 5.92 Å². The summed E-state index contributed by atoms with van der Waals surface area (Å²) in [5, 5.41) is 0.942. The van der Waals surface area contributed by atoms with Crippen LogP contribution in [-0.4, -0.2) is 40.8 Å². The summed E-state index contributed by atoms with van der Waals surface area (Å²) in [4.78, 5) is 23.8. The van der Waals surface area contributed by atoms with E-state index in [1.807, 2.05) is 0 Å². The highest BCUT2D eigenvalue weighted by Gasteiger charge is 2.70. The lowest BCUT2D eigenvalue weighted by atomic mass is 9.79. The first-order valence-corrected chi connectivity index (χ1v) is 14.5. The van der Waals surface area contributed by atoms with Gasteiger partial charge in [-0.05, 0) is 0 Å². The van der Waals surface area contributed by atoms with Crippen molar-refractivity contribution in [3.8, 4) is 0 Å². The zero-order chi connectivity index (χ0) is 16.2. The monoisotopic (exact) mass is 326 g/mol. The van der Waals surface area contributed by atoms with Gasteiger partial charge in [0, 0.05) is 12.8 Å². The van der Waals surface area contributed by atoms with Crippen LogP contribution in [0.2, 0.25) is 44.3 Å². The standard InChI is InChI=1S/C15H26O4Si2/c1-10(16)18-9-12-11-8-13(20(2,3)4)15(11,14(17)19-12)21(5,6)7/h8,11-12H,9H2,1-7H3/t11?,12-,15-/m1/s1. The second kappa shape index (κ2) is 4.81. The number of carbonyl (C=O) groups excluding carboxylic acids is 2. The van der Waals surface area contributed by atoms with Gasteiger partial charge >= 0.3 is 11.9 Å². The maximum atomic E-state index is 12.8. The van der Waals surface area contributed by atoms with E-state index in [1.165, 1.54) is 12.1 Å². The minimum atomic E-state index is -1.81. The van der Waals surface area contributed by atoms with Gasteiger partial charge in [-0.1, -0.05) is 50.6 Å². The molecule has 0 saturated carbocycles. The van der Waals surface area contributed by atoms with E-state index in [0.717, 1.165) is 0 Å². The highest BCUT2D eigenvalue weighted by molar-refractivity contribution is 6.92. The minimum absolute atomic E-state index is 0.0799. The Kier molecular flexibility index (Phi) is 3.77. The van der Waals surface area contributed by atoms with Crippen LogP contribution < -0.4 is 0 Å². The van der Waals surface area contributed by atoms with Gasteiger partial charge in [0.15, 0.2) is 0 Å². The molecule has 0 radical (unpaired) electrons. The predicted molar refractivity (Wildman–Crippen MR) is 87.5 cm³/mol. The van der Waals surface area contributed by atoms with Gasteiger partial charge < -0.3 is 9.47 Å². The summed E-state index contributed by atoms with van der Waals surface area (Å²) in [5.41, 5.74) is 0. The second-order valence-electron chi connectivity index (χ2n) is 8.16. The Morgan fingerprint density at radius 2 is 1.86 bits per heavy atom. The lowest BCUT2D eigenvalue weighted by molar-refractivity contribution is -0.152. The van der Waals surface area contributed by atoms with Gasteiger partial charge in [-0.2, -0.15) is 0 Å². The molecule has 1 heterocycles. The van der Waals surface area contributed by atoms with E-state index in [4.69, 9.17) is 9.47 Å². The Bertz CT molecular complexity index is 513. The number of fused-ring (bicyclic) bond motifs is 1. The summed E-state index contributed by atoms with van der Waals surface area (Å²) in [5.74, 6) is -0.327. The molecular weight excluding hydrogens is 300 g/mol. The van der Waals surface area contributed by atoms with Gasteiger partial charge in [-0.25, -0.2) is 0 Å². The molecule has 118 valence electrons. The Hall–Kier alpha value is -0.886. The Morgan fingerprint density at radius 1 is 1.29 bits per heavy atom. The summed E-state index contributed by atoms with van der Waals surface area (Å²) in [7, 11) is -3.38. The van der Waals surface area contributed by atoms with Crippen molar-refractivity contribution in [2.75, 3.05) is 6.61 Å². The normalized spacial score (nSPS) is 32.0. The first kappa shape index (κ1) is 16.5. The third-order valence-electron chi connectivity index (χ3n) is 4.69. The van der Waals surface area contributed by atoms with Crippen LogP contribution in [0.15, 0.2) is 11.3 Å². The fourth-order valence-corrected chi connectivity index (χ4v) is 11.1. The van der Waals surface area contributed by atoms with E-state index >= 15 is 0 Å². The molecule has 0 bridgehead atoms. The summed E-state index contributed by atoms with van der Waals surface area (Å²) < 4.78 is 10.7. The van der Waals surface area contributed by atoms with Crippen LogP contribution in [0.25, 0.3) is 0 Å². The van der Waals surface area contributed by atoms with E-state index in [9.17, 15) is 9.59 Å². The fraction of sp³-hybridized carbons (Fsp3) is 0.733. The van der Waals surface area contributed by atoms with Crippen LogP contribution in [-0.2, 0) is 19.1 Å². The van der Waals surface area contributed by atoms with Crippen LogP contribution in [0.3, 0.4) is 0 Å². The van der Waals surface area contributed by atoms with Crippen molar-refractivity contribution >= 4 is 28.1 Å². The van der Waals surface area contributed by atoms with Gasteiger partial charge in [-0.15, -0.1) is 0 Å². The Balaban J connectivity index is 2.40. The quantitative estimate of drug-likeness (QED) is 0.589. The number of hydrogen-bond donors (Lipinski definition) is 0. The average Bonchev–Trinajstić information content (AvgIpc) is 2.39. The SMILES string of the molecule is CC(=O)OC[C@H]1OC(=O)[C@]2([Si](C)(C)C)C([Si](C)(C)C)=CC12. The summed E-state index contributed by atoms with van der Waals surface area (Å²) in [6.45, 7) is 15.1. The van der Waals surface area contributed by atoms with Crippen molar-refractivity contribution in [1.82, 2.24) is 0 Å². The Morgan fingerprint density at radius 3 is 2.29 bits per heavy atom. The first-order chi connectivity index (χ1) is 9.42. The average molecular weight is 327 g/mol. The van der Waals surface area contributed by atoms with Crippen LogP contribution in [0, 0.1) is 5.92 Å². The fourth-order valence-electron chi connectivity index (χ4n) is 3.84. The minimum Gasteiger partial charge on any atom is -0.462 e. The number of ether oxygens (including phenoxy) is 2. The van der Waals surface area contributed by atoms with Gasteiger partial charge in [0.05, 0.1) is 21.2 Å². The van der Waals surface area contributed by atoms with E-state index in [1.54, 1.807) is 0 Å².